The Morgan fingerprint density at radius 3 is 2.73 bits per heavy atom. The van der Waals surface area contributed by atoms with Gasteiger partial charge in [0, 0.05) is 24.8 Å². The van der Waals surface area contributed by atoms with E-state index in [0.29, 0.717) is 43.9 Å². The van der Waals surface area contributed by atoms with Gasteiger partial charge in [0.15, 0.2) is 0 Å². The Morgan fingerprint density at radius 1 is 1.17 bits per heavy atom. The Morgan fingerprint density at radius 2 is 1.97 bits per heavy atom. The van der Waals surface area contributed by atoms with Gasteiger partial charge in [-0.25, -0.2) is 12.7 Å². The molecule has 1 aliphatic heterocycles. The van der Waals surface area contributed by atoms with Crippen molar-refractivity contribution in [2.75, 3.05) is 30.8 Å². The standard InChI is InChI=1S/C23H30N2O4S/c1-2-29-22-14-6-13-21(17-22)24-23(26)20-12-7-15-25(18-20)30(27,28)16-8-11-19-9-4-3-5-10-19/h3-6,9-10,13-14,17,20H,2,7-8,11-12,15-16,18H2,1H3,(H,24,26)/t20-/m0/s1. The summed E-state index contributed by atoms with van der Waals surface area (Å²) in [5, 5.41) is 2.91. The molecule has 1 N–H and O–H groups in total. The van der Waals surface area contributed by atoms with Crippen LogP contribution in [0.5, 0.6) is 5.75 Å². The van der Waals surface area contributed by atoms with Gasteiger partial charge in [-0.15, -0.1) is 0 Å². The molecule has 1 heterocycles. The molecule has 3 rings (SSSR count). The van der Waals surface area contributed by atoms with E-state index in [9.17, 15) is 13.2 Å². The number of nitrogens with zero attached hydrogens (tertiary/aromatic N) is 1. The van der Waals surface area contributed by atoms with Crippen LogP contribution in [0.25, 0.3) is 0 Å². The number of piperidine rings is 1. The number of aryl methyl sites for hydroxylation is 1. The van der Waals surface area contributed by atoms with Gasteiger partial charge in [0.2, 0.25) is 15.9 Å². The average molecular weight is 431 g/mol. The maximum absolute atomic E-state index is 12.8. The van der Waals surface area contributed by atoms with Crippen LogP contribution in [0, 0.1) is 5.92 Å². The molecule has 6 nitrogen and oxygen atoms in total. The highest BCUT2D eigenvalue weighted by Crippen LogP contribution is 2.23. The van der Waals surface area contributed by atoms with Crippen LogP contribution in [0.4, 0.5) is 5.69 Å². The number of amides is 1. The van der Waals surface area contributed by atoms with Crippen molar-refractivity contribution in [3.8, 4) is 5.75 Å². The fourth-order valence-corrected chi connectivity index (χ4v) is 5.30. The predicted molar refractivity (Wildman–Crippen MR) is 119 cm³/mol. The quantitative estimate of drug-likeness (QED) is 0.658. The lowest BCUT2D eigenvalue weighted by Crippen LogP contribution is -2.44. The first-order chi connectivity index (χ1) is 14.5. The number of rotatable bonds is 9. The Kier molecular flexibility index (Phi) is 7.87. The molecular weight excluding hydrogens is 400 g/mol. The Labute approximate surface area is 179 Å². The minimum absolute atomic E-state index is 0.104. The third kappa shape index (κ3) is 6.31. The zero-order chi connectivity index (χ0) is 21.4. The summed E-state index contributed by atoms with van der Waals surface area (Å²) in [5.74, 6) is 0.305. The largest absolute Gasteiger partial charge is 0.494 e. The van der Waals surface area contributed by atoms with E-state index in [-0.39, 0.29) is 24.1 Å². The molecule has 0 spiro atoms. The molecule has 30 heavy (non-hydrogen) atoms. The third-order valence-electron chi connectivity index (χ3n) is 5.27. The van der Waals surface area contributed by atoms with Crippen molar-refractivity contribution in [1.82, 2.24) is 4.31 Å². The zero-order valence-electron chi connectivity index (χ0n) is 17.4. The van der Waals surface area contributed by atoms with Crippen molar-refractivity contribution < 1.29 is 17.9 Å². The van der Waals surface area contributed by atoms with E-state index >= 15 is 0 Å². The average Bonchev–Trinajstić information content (AvgIpc) is 2.75. The van der Waals surface area contributed by atoms with Gasteiger partial charge < -0.3 is 10.1 Å². The van der Waals surface area contributed by atoms with Crippen LogP contribution in [-0.2, 0) is 21.2 Å². The fraction of sp³-hybridized carbons (Fsp3) is 0.435. The first-order valence-electron chi connectivity index (χ1n) is 10.5. The summed E-state index contributed by atoms with van der Waals surface area (Å²) < 4.78 is 32.5. The molecule has 2 aromatic rings. The van der Waals surface area contributed by atoms with Gasteiger partial charge in [-0.3, -0.25) is 4.79 Å². The monoisotopic (exact) mass is 430 g/mol. The number of nitrogens with one attached hydrogen (secondary N) is 1. The Hall–Kier alpha value is -2.38. The zero-order valence-corrected chi connectivity index (χ0v) is 18.2. The van der Waals surface area contributed by atoms with Crippen LogP contribution in [0.2, 0.25) is 0 Å². The van der Waals surface area contributed by atoms with Crippen LogP contribution < -0.4 is 10.1 Å². The molecule has 0 aromatic heterocycles. The number of ether oxygens (including phenoxy) is 1. The highest BCUT2D eigenvalue weighted by molar-refractivity contribution is 7.89. The minimum atomic E-state index is -3.37. The number of hydrogen-bond donors (Lipinski definition) is 1. The Bertz CT molecular complexity index is 931. The predicted octanol–water partition coefficient (Wildman–Crippen LogP) is 3.70. The molecule has 7 heteroatoms. The van der Waals surface area contributed by atoms with Gasteiger partial charge in [0.05, 0.1) is 18.3 Å². The van der Waals surface area contributed by atoms with Crippen molar-refractivity contribution in [3.05, 3.63) is 60.2 Å². The topological polar surface area (TPSA) is 75.7 Å². The first-order valence-corrected chi connectivity index (χ1v) is 12.1. The molecule has 1 fully saturated rings. The smallest absolute Gasteiger partial charge is 0.228 e. The van der Waals surface area contributed by atoms with Crippen molar-refractivity contribution in [2.45, 2.75) is 32.6 Å². The second-order valence-corrected chi connectivity index (χ2v) is 9.64. The molecule has 162 valence electrons. The maximum Gasteiger partial charge on any atom is 0.228 e. The summed E-state index contributed by atoms with van der Waals surface area (Å²) in [6, 6.07) is 17.1. The van der Waals surface area contributed by atoms with Gasteiger partial charge in [0.25, 0.3) is 0 Å². The van der Waals surface area contributed by atoms with Crippen molar-refractivity contribution in [2.24, 2.45) is 5.92 Å². The van der Waals surface area contributed by atoms with Gasteiger partial charge in [-0.05, 0) is 50.3 Å². The van der Waals surface area contributed by atoms with E-state index in [2.05, 4.69) is 5.32 Å². The Balaban J connectivity index is 1.54. The number of hydrogen-bond acceptors (Lipinski definition) is 4. The minimum Gasteiger partial charge on any atom is -0.494 e. The molecule has 1 saturated heterocycles. The molecule has 1 atom stereocenters. The molecular formula is C23H30N2O4S. The molecule has 0 saturated carbocycles. The first kappa shape index (κ1) is 22.3. The van der Waals surface area contributed by atoms with E-state index in [1.807, 2.05) is 49.4 Å². The normalized spacial score (nSPS) is 17.4. The summed E-state index contributed by atoms with van der Waals surface area (Å²) in [7, 11) is -3.37. The summed E-state index contributed by atoms with van der Waals surface area (Å²) in [4.78, 5) is 12.7. The van der Waals surface area contributed by atoms with Gasteiger partial charge in [-0.2, -0.15) is 0 Å². The van der Waals surface area contributed by atoms with Gasteiger partial charge in [0.1, 0.15) is 5.75 Å². The van der Waals surface area contributed by atoms with E-state index < -0.39 is 10.0 Å². The second kappa shape index (κ2) is 10.6. The molecule has 2 aromatic carbocycles. The fourth-order valence-electron chi connectivity index (χ4n) is 3.72. The lowest BCUT2D eigenvalue weighted by molar-refractivity contribution is -0.120. The SMILES string of the molecule is CCOc1cccc(NC(=O)[C@H]2CCCN(S(=O)(=O)CCCc3ccccc3)C2)c1. The molecule has 0 aliphatic carbocycles. The van der Waals surface area contributed by atoms with Crippen molar-refractivity contribution in [1.29, 1.82) is 0 Å². The van der Waals surface area contributed by atoms with Crippen LogP contribution in [-0.4, -0.2) is 44.1 Å². The van der Waals surface area contributed by atoms with Crippen LogP contribution >= 0.6 is 0 Å². The molecule has 0 bridgehead atoms. The molecule has 1 aliphatic rings. The molecule has 1 amide bonds. The summed E-state index contributed by atoms with van der Waals surface area (Å²) in [6.07, 6.45) is 2.68. The van der Waals surface area contributed by atoms with Gasteiger partial charge in [-0.1, -0.05) is 36.4 Å². The van der Waals surface area contributed by atoms with E-state index in [1.165, 1.54) is 4.31 Å². The van der Waals surface area contributed by atoms with Gasteiger partial charge >= 0.3 is 0 Å². The van der Waals surface area contributed by atoms with E-state index in [4.69, 9.17) is 4.74 Å². The van der Waals surface area contributed by atoms with Crippen molar-refractivity contribution >= 4 is 21.6 Å². The van der Waals surface area contributed by atoms with Crippen LogP contribution in [0.1, 0.15) is 31.7 Å². The van der Waals surface area contributed by atoms with Crippen LogP contribution in [0.15, 0.2) is 54.6 Å². The number of anilines is 1. The highest BCUT2D eigenvalue weighted by atomic mass is 32.2. The van der Waals surface area contributed by atoms with Crippen LogP contribution in [0.3, 0.4) is 0 Å². The lowest BCUT2D eigenvalue weighted by Gasteiger charge is -2.31. The number of benzene rings is 2. The highest BCUT2D eigenvalue weighted by Gasteiger charge is 2.32. The summed E-state index contributed by atoms with van der Waals surface area (Å²) in [5.41, 5.74) is 1.80. The summed E-state index contributed by atoms with van der Waals surface area (Å²) in [6.45, 7) is 3.18. The lowest BCUT2D eigenvalue weighted by atomic mass is 9.98. The molecule has 0 radical (unpaired) electrons. The second-order valence-electron chi connectivity index (χ2n) is 7.55. The number of carbonyl (C=O) groups is 1. The van der Waals surface area contributed by atoms with Crippen molar-refractivity contribution in [3.63, 3.8) is 0 Å². The number of carbonyl (C=O) groups excluding carboxylic acids is 1. The third-order valence-corrected chi connectivity index (χ3v) is 7.19. The summed E-state index contributed by atoms with van der Waals surface area (Å²) >= 11 is 0. The number of sulfonamides is 1. The maximum atomic E-state index is 12.8. The van der Waals surface area contributed by atoms with E-state index in [1.54, 1.807) is 12.1 Å². The molecule has 0 unspecified atom stereocenters. The van der Waals surface area contributed by atoms with E-state index in [0.717, 1.165) is 12.0 Å².